The predicted octanol–water partition coefficient (Wildman–Crippen LogP) is 0.689. The standard InChI is InChI=1S/C5H9N3O/c1-2-7-5-8-3-4(6)9-5/h3H,2,6H2,1H3,(H,7,8). The summed E-state index contributed by atoms with van der Waals surface area (Å²) in [4.78, 5) is 3.80. The van der Waals surface area contributed by atoms with E-state index in [-0.39, 0.29) is 0 Å². The van der Waals surface area contributed by atoms with E-state index in [0.29, 0.717) is 11.9 Å². The maximum atomic E-state index is 5.24. The molecule has 50 valence electrons. The van der Waals surface area contributed by atoms with E-state index in [2.05, 4.69) is 10.3 Å². The number of hydrogen-bond acceptors (Lipinski definition) is 4. The molecule has 0 aliphatic carbocycles. The molecule has 1 aromatic rings. The predicted molar refractivity (Wildman–Crippen MR) is 35.1 cm³/mol. The third-order valence-electron chi connectivity index (χ3n) is 0.852. The van der Waals surface area contributed by atoms with Crippen LogP contribution in [0.1, 0.15) is 6.92 Å². The SMILES string of the molecule is CCNc1ncc(N)o1. The third kappa shape index (κ3) is 1.35. The molecule has 1 aromatic heterocycles. The Morgan fingerprint density at radius 3 is 3.11 bits per heavy atom. The molecule has 0 saturated carbocycles. The molecular formula is C5H9N3O. The lowest BCUT2D eigenvalue weighted by Gasteiger charge is -1.91. The average molecular weight is 127 g/mol. The minimum atomic E-state index is 0.339. The first-order chi connectivity index (χ1) is 4.33. The summed E-state index contributed by atoms with van der Waals surface area (Å²) in [6.45, 7) is 2.75. The fraction of sp³-hybridized carbons (Fsp3) is 0.400. The molecule has 0 aromatic carbocycles. The van der Waals surface area contributed by atoms with Crippen LogP contribution in [0.25, 0.3) is 0 Å². The second kappa shape index (κ2) is 2.39. The Bertz CT molecular complexity index is 184. The van der Waals surface area contributed by atoms with Gasteiger partial charge in [0.1, 0.15) is 0 Å². The maximum absolute atomic E-state index is 5.24. The van der Waals surface area contributed by atoms with Crippen molar-refractivity contribution in [3.05, 3.63) is 6.20 Å². The molecule has 1 rings (SSSR count). The van der Waals surface area contributed by atoms with Crippen LogP contribution in [0.4, 0.5) is 11.9 Å². The van der Waals surface area contributed by atoms with Crippen molar-refractivity contribution in [2.24, 2.45) is 0 Å². The lowest BCUT2D eigenvalue weighted by Crippen LogP contribution is -1.95. The van der Waals surface area contributed by atoms with Crippen LogP contribution in [0.5, 0.6) is 0 Å². The van der Waals surface area contributed by atoms with Gasteiger partial charge in [0.05, 0.1) is 6.20 Å². The molecule has 0 spiro atoms. The monoisotopic (exact) mass is 127 g/mol. The first kappa shape index (κ1) is 5.94. The van der Waals surface area contributed by atoms with Crippen molar-refractivity contribution in [2.45, 2.75) is 6.92 Å². The van der Waals surface area contributed by atoms with Gasteiger partial charge in [0, 0.05) is 6.54 Å². The van der Waals surface area contributed by atoms with Gasteiger partial charge in [-0.2, -0.15) is 4.98 Å². The Kier molecular flexibility index (Phi) is 1.58. The Morgan fingerprint density at radius 1 is 1.89 bits per heavy atom. The van der Waals surface area contributed by atoms with E-state index in [4.69, 9.17) is 10.2 Å². The summed E-state index contributed by atoms with van der Waals surface area (Å²) in [5, 5.41) is 2.87. The van der Waals surface area contributed by atoms with Crippen LogP contribution in [0, 0.1) is 0 Å². The van der Waals surface area contributed by atoms with E-state index < -0.39 is 0 Å². The van der Waals surface area contributed by atoms with E-state index in [1.54, 1.807) is 0 Å². The molecule has 0 fully saturated rings. The number of nitrogens with one attached hydrogen (secondary N) is 1. The number of nitrogen functional groups attached to an aromatic ring is 1. The summed E-state index contributed by atoms with van der Waals surface area (Å²) in [6, 6.07) is 0.481. The molecule has 9 heavy (non-hydrogen) atoms. The highest BCUT2D eigenvalue weighted by Gasteiger charge is 1.94. The highest BCUT2D eigenvalue weighted by atomic mass is 16.4. The molecule has 0 atom stereocenters. The molecule has 4 heteroatoms. The fourth-order valence-corrected chi connectivity index (χ4v) is 0.520. The van der Waals surface area contributed by atoms with Crippen molar-refractivity contribution in [3.63, 3.8) is 0 Å². The van der Waals surface area contributed by atoms with Gasteiger partial charge in [-0.05, 0) is 6.92 Å². The lowest BCUT2D eigenvalue weighted by molar-refractivity contribution is 0.591. The number of oxazole rings is 1. The van der Waals surface area contributed by atoms with E-state index in [1.807, 2.05) is 6.92 Å². The zero-order chi connectivity index (χ0) is 6.69. The van der Waals surface area contributed by atoms with Crippen molar-refractivity contribution in [3.8, 4) is 0 Å². The number of aromatic nitrogens is 1. The van der Waals surface area contributed by atoms with Crippen LogP contribution in [-0.4, -0.2) is 11.5 Å². The minimum absolute atomic E-state index is 0.339. The number of nitrogens with zero attached hydrogens (tertiary/aromatic N) is 1. The minimum Gasteiger partial charge on any atom is -0.408 e. The van der Waals surface area contributed by atoms with Crippen LogP contribution < -0.4 is 11.1 Å². The Morgan fingerprint density at radius 2 is 2.67 bits per heavy atom. The number of anilines is 2. The topological polar surface area (TPSA) is 64.1 Å². The molecular weight excluding hydrogens is 118 g/mol. The van der Waals surface area contributed by atoms with Crippen LogP contribution in [-0.2, 0) is 0 Å². The average Bonchev–Trinajstić information content (AvgIpc) is 2.17. The summed E-state index contributed by atoms with van der Waals surface area (Å²) in [5.74, 6) is 0.339. The largest absolute Gasteiger partial charge is 0.408 e. The van der Waals surface area contributed by atoms with E-state index >= 15 is 0 Å². The quantitative estimate of drug-likeness (QED) is 0.613. The smallest absolute Gasteiger partial charge is 0.296 e. The summed E-state index contributed by atoms with van der Waals surface area (Å²) in [6.07, 6.45) is 1.47. The van der Waals surface area contributed by atoms with E-state index in [9.17, 15) is 0 Å². The normalized spacial score (nSPS) is 9.44. The van der Waals surface area contributed by atoms with Crippen molar-refractivity contribution >= 4 is 11.9 Å². The summed E-state index contributed by atoms with van der Waals surface area (Å²) < 4.78 is 4.88. The molecule has 0 unspecified atom stereocenters. The van der Waals surface area contributed by atoms with Crippen molar-refractivity contribution < 1.29 is 4.42 Å². The van der Waals surface area contributed by atoms with Gasteiger partial charge in [-0.3, -0.25) is 0 Å². The molecule has 4 nitrogen and oxygen atoms in total. The molecule has 0 aliphatic heterocycles. The van der Waals surface area contributed by atoms with Gasteiger partial charge in [0.2, 0.25) is 5.88 Å². The summed E-state index contributed by atoms with van der Waals surface area (Å²) in [7, 11) is 0. The molecule has 0 radical (unpaired) electrons. The lowest BCUT2D eigenvalue weighted by atomic mass is 10.7. The molecule has 1 heterocycles. The second-order valence-electron chi connectivity index (χ2n) is 1.60. The van der Waals surface area contributed by atoms with Gasteiger partial charge in [-0.15, -0.1) is 0 Å². The highest BCUT2D eigenvalue weighted by molar-refractivity contribution is 5.29. The van der Waals surface area contributed by atoms with Gasteiger partial charge in [-0.1, -0.05) is 0 Å². The second-order valence-corrected chi connectivity index (χ2v) is 1.60. The first-order valence-electron chi connectivity index (χ1n) is 2.78. The number of rotatable bonds is 2. The maximum Gasteiger partial charge on any atom is 0.296 e. The van der Waals surface area contributed by atoms with Gasteiger partial charge in [0.15, 0.2) is 0 Å². The van der Waals surface area contributed by atoms with Crippen molar-refractivity contribution in [1.29, 1.82) is 0 Å². The molecule has 3 N–H and O–H groups in total. The van der Waals surface area contributed by atoms with Crippen LogP contribution in [0.15, 0.2) is 10.6 Å². The summed E-state index contributed by atoms with van der Waals surface area (Å²) >= 11 is 0. The van der Waals surface area contributed by atoms with Gasteiger partial charge < -0.3 is 15.5 Å². The molecule has 0 saturated heterocycles. The third-order valence-corrected chi connectivity index (χ3v) is 0.852. The van der Waals surface area contributed by atoms with Gasteiger partial charge in [0.25, 0.3) is 6.01 Å². The van der Waals surface area contributed by atoms with E-state index in [1.165, 1.54) is 6.20 Å². The van der Waals surface area contributed by atoms with Gasteiger partial charge >= 0.3 is 0 Å². The number of hydrogen-bond donors (Lipinski definition) is 2. The zero-order valence-corrected chi connectivity index (χ0v) is 5.22. The Hall–Kier alpha value is -1.19. The molecule has 0 amide bonds. The Labute approximate surface area is 53.1 Å². The van der Waals surface area contributed by atoms with Crippen molar-refractivity contribution in [2.75, 3.05) is 17.6 Å². The van der Waals surface area contributed by atoms with Crippen LogP contribution in [0.3, 0.4) is 0 Å². The summed E-state index contributed by atoms with van der Waals surface area (Å²) in [5.41, 5.74) is 5.24. The van der Waals surface area contributed by atoms with E-state index in [0.717, 1.165) is 6.54 Å². The highest BCUT2D eigenvalue weighted by Crippen LogP contribution is 2.08. The fourth-order valence-electron chi connectivity index (χ4n) is 0.520. The Balaban J connectivity index is 2.61. The molecule has 0 aliphatic rings. The van der Waals surface area contributed by atoms with Crippen LogP contribution in [0.2, 0.25) is 0 Å². The number of nitrogens with two attached hydrogens (primary N) is 1. The van der Waals surface area contributed by atoms with Crippen LogP contribution >= 0.6 is 0 Å². The van der Waals surface area contributed by atoms with Gasteiger partial charge in [-0.25, -0.2) is 0 Å². The zero-order valence-electron chi connectivity index (χ0n) is 5.22. The van der Waals surface area contributed by atoms with Crippen molar-refractivity contribution in [1.82, 2.24) is 4.98 Å². The first-order valence-corrected chi connectivity index (χ1v) is 2.78. The molecule has 0 bridgehead atoms.